The third-order valence-corrected chi connectivity index (χ3v) is 3.04. The van der Waals surface area contributed by atoms with Gasteiger partial charge >= 0.3 is 0 Å². The maximum Gasteiger partial charge on any atom is 0.255 e. The third kappa shape index (κ3) is 8.77. The van der Waals surface area contributed by atoms with Crippen LogP contribution in [0.2, 0.25) is 0 Å². The highest BCUT2D eigenvalue weighted by atomic mass is 32.3. The first-order valence-electron chi connectivity index (χ1n) is 4.95. The van der Waals surface area contributed by atoms with Gasteiger partial charge in [0.25, 0.3) is 10.5 Å². The summed E-state index contributed by atoms with van der Waals surface area (Å²) in [5.41, 5.74) is 0. The summed E-state index contributed by atoms with van der Waals surface area (Å²) in [4.78, 5) is 0. The number of rotatable bonds is 3. The molecule has 6 heteroatoms. The Morgan fingerprint density at radius 1 is 1.20 bits per heavy atom. The second-order valence-electron chi connectivity index (χ2n) is 4.24. The third-order valence-electron chi connectivity index (χ3n) is 3.04. The molecule has 0 aromatic rings. The second-order valence-corrected chi connectivity index (χ2v) is 5.03. The first kappa shape index (κ1) is 17.2. The molecule has 0 aliphatic rings. The van der Waals surface area contributed by atoms with Crippen molar-refractivity contribution in [3.05, 3.63) is 0 Å². The quantitative estimate of drug-likeness (QED) is 0.430. The molecule has 0 aliphatic carbocycles. The molecular formula is C9H22FNO3S. The van der Waals surface area contributed by atoms with E-state index in [2.05, 4.69) is 41.7 Å². The van der Waals surface area contributed by atoms with Gasteiger partial charge in [0.15, 0.2) is 0 Å². The van der Waals surface area contributed by atoms with E-state index in [0.29, 0.717) is 0 Å². The van der Waals surface area contributed by atoms with Crippen molar-refractivity contribution in [1.29, 1.82) is 0 Å². The highest BCUT2D eigenvalue weighted by Crippen LogP contribution is 2.14. The summed E-state index contributed by atoms with van der Waals surface area (Å²) in [6.07, 6.45) is 0. The lowest BCUT2D eigenvalue weighted by Gasteiger charge is -2.41. The molecule has 0 bridgehead atoms. The lowest BCUT2D eigenvalue weighted by Crippen LogP contribution is -2.54. The zero-order valence-electron chi connectivity index (χ0n) is 10.3. The summed E-state index contributed by atoms with van der Waals surface area (Å²) in [7, 11) is -3.09. The normalized spacial score (nSPS) is 12.7. The van der Waals surface area contributed by atoms with Crippen molar-refractivity contribution in [3.63, 3.8) is 0 Å². The summed E-state index contributed by atoms with van der Waals surface area (Å²) in [6, 6.07) is 1.48. The Morgan fingerprint density at radius 2 is 1.40 bits per heavy atom. The van der Waals surface area contributed by atoms with Crippen molar-refractivity contribution in [2.24, 2.45) is 0 Å². The zero-order chi connectivity index (χ0) is 12.9. The molecule has 0 rings (SSSR count). The fourth-order valence-corrected chi connectivity index (χ4v) is 1.33. The highest BCUT2D eigenvalue weighted by Gasteiger charge is 2.26. The van der Waals surface area contributed by atoms with Gasteiger partial charge < -0.3 is 9.04 Å². The summed E-state index contributed by atoms with van der Waals surface area (Å²) in [5, 5.41) is 0. The van der Waals surface area contributed by atoms with Gasteiger partial charge in [-0.2, -0.15) is 0 Å². The van der Waals surface area contributed by atoms with Crippen molar-refractivity contribution in [3.8, 4) is 0 Å². The standard InChI is InChI=1S/C9H22N.FHO3S/c1-7-10(6,8(2)3)9(4)5;1-5(2,3)4/h8-9H,7H2,1-6H3;(H,2,3,4)/q+1;/p-1. The van der Waals surface area contributed by atoms with Gasteiger partial charge in [0.2, 0.25) is 0 Å². The van der Waals surface area contributed by atoms with E-state index in [1.165, 1.54) is 11.0 Å². The molecule has 0 saturated carbocycles. The van der Waals surface area contributed by atoms with Gasteiger partial charge in [0.05, 0.1) is 25.7 Å². The van der Waals surface area contributed by atoms with E-state index in [1.807, 2.05) is 0 Å². The number of halogens is 1. The lowest BCUT2D eigenvalue weighted by atomic mass is 10.2. The SMILES string of the molecule is CC[N+](C)(C(C)C)C(C)C.O=S(=O)([O-])F. The molecule has 0 radical (unpaired) electrons. The van der Waals surface area contributed by atoms with E-state index in [0.717, 1.165) is 12.1 Å². The summed E-state index contributed by atoms with van der Waals surface area (Å²) >= 11 is 0. The Labute approximate surface area is 92.7 Å². The number of quaternary nitrogens is 1. The van der Waals surface area contributed by atoms with E-state index in [1.54, 1.807) is 0 Å². The van der Waals surface area contributed by atoms with E-state index < -0.39 is 10.5 Å². The summed E-state index contributed by atoms with van der Waals surface area (Å²) < 4.78 is 36.5. The smallest absolute Gasteiger partial charge is 0.255 e. The van der Waals surface area contributed by atoms with E-state index in [4.69, 9.17) is 13.0 Å². The van der Waals surface area contributed by atoms with Gasteiger partial charge in [0.1, 0.15) is 0 Å². The molecule has 0 saturated heterocycles. The van der Waals surface area contributed by atoms with Gasteiger partial charge in [-0.3, -0.25) is 0 Å². The van der Waals surface area contributed by atoms with Crippen LogP contribution in [0.4, 0.5) is 3.89 Å². The molecule has 0 aromatic heterocycles. The van der Waals surface area contributed by atoms with Gasteiger partial charge in [-0.05, 0) is 34.6 Å². The van der Waals surface area contributed by atoms with Crippen LogP contribution in [0.15, 0.2) is 0 Å². The van der Waals surface area contributed by atoms with Crippen molar-refractivity contribution >= 4 is 10.5 Å². The molecular weight excluding hydrogens is 221 g/mol. The molecule has 0 spiro atoms. The molecule has 0 amide bonds. The van der Waals surface area contributed by atoms with Crippen molar-refractivity contribution < 1.29 is 21.3 Å². The zero-order valence-corrected chi connectivity index (χ0v) is 11.1. The average molecular weight is 243 g/mol. The molecule has 0 atom stereocenters. The van der Waals surface area contributed by atoms with Crippen LogP contribution in [0.1, 0.15) is 34.6 Å². The fourth-order valence-electron chi connectivity index (χ4n) is 1.33. The number of hydrogen-bond donors (Lipinski definition) is 0. The van der Waals surface area contributed by atoms with Crippen LogP contribution in [0.3, 0.4) is 0 Å². The molecule has 0 N–H and O–H groups in total. The molecule has 0 unspecified atom stereocenters. The lowest BCUT2D eigenvalue weighted by molar-refractivity contribution is -0.947. The largest absolute Gasteiger partial charge is 0.722 e. The molecule has 94 valence electrons. The summed E-state index contributed by atoms with van der Waals surface area (Å²) in [5.74, 6) is 0. The monoisotopic (exact) mass is 243 g/mol. The van der Waals surface area contributed by atoms with E-state index >= 15 is 0 Å². The minimum atomic E-state index is -5.42. The van der Waals surface area contributed by atoms with Crippen LogP contribution in [0.25, 0.3) is 0 Å². The van der Waals surface area contributed by atoms with Gasteiger partial charge in [0, 0.05) is 0 Å². The Kier molecular flexibility index (Phi) is 7.34. The van der Waals surface area contributed by atoms with Crippen LogP contribution in [-0.4, -0.2) is 43.1 Å². The molecule has 0 aliphatic heterocycles. The first-order chi connectivity index (χ1) is 6.45. The van der Waals surface area contributed by atoms with Crippen LogP contribution >= 0.6 is 0 Å². The topological polar surface area (TPSA) is 57.2 Å². The Bertz CT molecular complexity index is 247. The van der Waals surface area contributed by atoms with Gasteiger partial charge in [-0.15, -0.1) is 3.89 Å². The van der Waals surface area contributed by atoms with Crippen LogP contribution < -0.4 is 0 Å². The summed E-state index contributed by atoms with van der Waals surface area (Å²) in [6.45, 7) is 12.7. The maximum absolute atomic E-state index is 10.1. The molecule has 0 heterocycles. The van der Waals surface area contributed by atoms with Crippen molar-refractivity contribution in [1.82, 2.24) is 0 Å². The second kappa shape index (κ2) is 6.40. The number of hydrogen-bond acceptors (Lipinski definition) is 3. The van der Waals surface area contributed by atoms with Crippen molar-refractivity contribution in [2.45, 2.75) is 46.7 Å². The van der Waals surface area contributed by atoms with Crippen molar-refractivity contribution in [2.75, 3.05) is 13.6 Å². The Balaban J connectivity index is 0. The highest BCUT2D eigenvalue weighted by molar-refractivity contribution is 7.80. The molecule has 4 nitrogen and oxygen atoms in total. The van der Waals surface area contributed by atoms with E-state index in [-0.39, 0.29) is 0 Å². The minimum absolute atomic E-state index is 0.741. The van der Waals surface area contributed by atoms with Gasteiger partial charge in [-0.25, -0.2) is 8.42 Å². The van der Waals surface area contributed by atoms with Crippen LogP contribution in [0.5, 0.6) is 0 Å². The molecule has 15 heavy (non-hydrogen) atoms. The maximum atomic E-state index is 10.1. The first-order valence-corrected chi connectivity index (χ1v) is 6.26. The Morgan fingerprint density at radius 3 is 1.40 bits per heavy atom. The Hall–Kier alpha value is -0.200. The molecule has 0 fully saturated rings. The average Bonchev–Trinajstić information content (AvgIpc) is 1.98. The van der Waals surface area contributed by atoms with Crippen LogP contribution in [-0.2, 0) is 10.5 Å². The predicted molar refractivity (Wildman–Crippen MR) is 57.8 cm³/mol. The minimum Gasteiger partial charge on any atom is -0.722 e. The molecule has 0 aromatic carbocycles. The van der Waals surface area contributed by atoms with Crippen LogP contribution in [0, 0.1) is 0 Å². The fraction of sp³-hybridized carbons (Fsp3) is 1.00. The van der Waals surface area contributed by atoms with Gasteiger partial charge in [-0.1, -0.05) is 0 Å². The van der Waals surface area contributed by atoms with E-state index in [9.17, 15) is 3.89 Å². The predicted octanol–water partition coefficient (Wildman–Crippen LogP) is 1.69. The number of nitrogens with zero attached hydrogens (tertiary/aromatic N) is 1.